The smallest absolute Gasteiger partial charge is 0.338 e. The van der Waals surface area contributed by atoms with Gasteiger partial charge in [0.2, 0.25) is 0 Å². The Morgan fingerprint density at radius 3 is 1.83 bits per heavy atom. The number of hydrogen-bond donors (Lipinski definition) is 0. The SMILES string of the molecule is CCCCCCCOC(=O)c1ccc(C(=O)OCCC(C)C)cc1. The third-order valence-corrected chi connectivity index (χ3v) is 3.77. The molecule has 0 aliphatic rings. The summed E-state index contributed by atoms with van der Waals surface area (Å²) in [6.07, 6.45) is 6.43. The van der Waals surface area contributed by atoms with Gasteiger partial charge >= 0.3 is 11.9 Å². The first-order valence-corrected chi connectivity index (χ1v) is 8.99. The molecule has 1 aromatic carbocycles. The van der Waals surface area contributed by atoms with Crippen molar-refractivity contribution in [2.24, 2.45) is 5.92 Å². The van der Waals surface area contributed by atoms with Gasteiger partial charge in [-0.25, -0.2) is 9.59 Å². The maximum atomic E-state index is 11.9. The Morgan fingerprint density at radius 2 is 1.33 bits per heavy atom. The zero-order valence-corrected chi connectivity index (χ0v) is 15.2. The third-order valence-electron chi connectivity index (χ3n) is 3.77. The molecule has 134 valence electrons. The molecule has 0 aliphatic heterocycles. The number of ether oxygens (including phenoxy) is 2. The highest BCUT2D eigenvalue weighted by Gasteiger charge is 2.11. The zero-order chi connectivity index (χ0) is 17.8. The second-order valence-electron chi connectivity index (χ2n) is 6.45. The van der Waals surface area contributed by atoms with Crippen molar-refractivity contribution in [1.29, 1.82) is 0 Å². The van der Waals surface area contributed by atoms with Crippen LogP contribution in [0.2, 0.25) is 0 Å². The highest BCUT2D eigenvalue weighted by atomic mass is 16.5. The number of benzene rings is 1. The fourth-order valence-corrected chi connectivity index (χ4v) is 2.17. The van der Waals surface area contributed by atoms with E-state index in [9.17, 15) is 9.59 Å². The zero-order valence-electron chi connectivity index (χ0n) is 15.2. The second kappa shape index (κ2) is 11.7. The van der Waals surface area contributed by atoms with Crippen molar-refractivity contribution in [2.45, 2.75) is 59.3 Å². The Morgan fingerprint density at radius 1 is 0.833 bits per heavy atom. The highest BCUT2D eigenvalue weighted by molar-refractivity contribution is 5.93. The molecule has 0 saturated heterocycles. The summed E-state index contributed by atoms with van der Waals surface area (Å²) in [6.45, 7) is 7.19. The molecule has 0 bridgehead atoms. The molecule has 0 fully saturated rings. The van der Waals surface area contributed by atoms with E-state index in [0.29, 0.717) is 30.3 Å². The number of carbonyl (C=O) groups excluding carboxylic acids is 2. The lowest BCUT2D eigenvalue weighted by Crippen LogP contribution is -2.10. The van der Waals surface area contributed by atoms with E-state index in [2.05, 4.69) is 20.8 Å². The molecule has 0 aromatic heterocycles. The van der Waals surface area contributed by atoms with E-state index < -0.39 is 0 Å². The Hall–Kier alpha value is -1.84. The van der Waals surface area contributed by atoms with Gasteiger partial charge in [-0.3, -0.25) is 0 Å². The van der Waals surface area contributed by atoms with E-state index in [1.807, 2.05) is 0 Å². The molecule has 0 unspecified atom stereocenters. The second-order valence-corrected chi connectivity index (χ2v) is 6.45. The maximum absolute atomic E-state index is 11.9. The topological polar surface area (TPSA) is 52.6 Å². The minimum absolute atomic E-state index is 0.342. The van der Waals surface area contributed by atoms with Crippen molar-refractivity contribution in [3.63, 3.8) is 0 Å². The lowest BCUT2D eigenvalue weighted by atomic mass is 10.1. The summed E-state index contributed by atoms with van der Waals surface area (Å²) in [4.78, 5) is 23.8. The summed E-state index contributed by atoms with van der Waals surface area (Å²) in [7, 11) is 0. The van der Waals surface area contributed by atoms with Crippen LogP contribution in [0.3, 0.4) is 0 Å². The molecule has 0 amide bonds. The summed E-state index contributed by atoms with van der Waals surface area (Å²) in [5, 5.41) is 0. The molecule has 0 aliphatic carbocycles. The van der Waals surface area contributed by atoms with E-state index in [1.165, 1.54) is 19.3 Å². The number of esters is 2. The monoisotopic (exact) mass is 334 g/mol. The van der Waals surface area contributed by atoms with E-state index in [0.717, 1.165) is 19.3 Å². The van der Waals surface area contributed by atoms with Crippen LogP contribution in [0.1, 0.15) is 80.0 Å². The van der Waals surface area contributed by atoms with Crippen LogP contribution in [-0.2, 0) is 9.47 Å². The van der Waals surface area contributed by atoms with Gasteiger partial charge < -0.3 is 9.47 Å². The molecule has 24 heavy (non-hydrogen) atoms. The average molecular weight is 334 g/mol. The van der Waals surface area contributed by atoms with Gasteiger partial charge in [-0.1, -0.05) is 46.5 Å². The number of carbonyl (C=O) groups is 2. The molecule has 0 radical (unpaired) electrons. The first kappa shape index (κ1) is 20.2. The minimum atomic E-state index is -0.355. The molecule has 0 atom stereocenters. The Kier molecular flexibility index (Phi) is 9.81. The Bertz CT molecular complexity index is 491. The van der Waals surface area contributed by atoms with E-state index in [4.69, 9.17) is 9.47 Å². The molecular formula is C20H30O4. The minimum Gasteiger partial charge on any atom is -0.462 e. The number of hydrogen-bond acceptors (Lipinski definition) is 4. The molecule has 0 heterocycles. The standard InChI is InChI=1S/C20H30O4/c1-4-5-6-7-8-14-23-19(21)17-9-11-18(12-10-17)20(22)24-15-13-16(2)3/h9-12,16H,4-8,13-15H2,1-3H3. The normalized spacial score (nSPS) is 10.7. The fraction of sp³-hybridized carbons (Fsp3) is 0.600. The van der Waals surface area contributed by atoms with Gasteiger partial charge in [-0.2, -0.15) is 0 Å². The van der Waals surface area contributed by atoms with E-state index in [-0.39, 0.29) is 11.9 Å². The summed E-state index contributed by atoms with van der Waals surface area (Å²) in [5.41, 5.74) is 0.914. The third kappa shape index (κ3) is 8.14. The van der Waals surface area contributed by atoms with E-state index >= 15 is 0 Å². The van der Waals surface area contributed by atoms with Gasteiger partial charge in [-0.05, 0) is 43.0 Å². The molecule has 4 nitrogen and oxygen atoms in total. The molecule has 4 heteroatoms. The quantitative estimate of drug-likeness (QED) is 0.421. The summed E-state index contributed by atoms with van der Waals surface area (Å²) in [5.74, 6) is -0.200. The van der Waals surface area contributed by atoms with Gasteiger partial charge in [0.15, 0.2) is 0 Å². The van der Waals surface area contributed by atoms with Crippen molar-refractivity contribution in [3.05, 3.63) is 35.4 Å². The maximum Gasteiger partial charge on any atom is 0.338 e. The van der Waals surface area contributed by atoms with Gasteiger partial charge in [-0.15, -0.1) is 0 Å². The predicted molar refractivity (Wildman–Crippen MR) is 95.2 cm³/mol. The largest absolute Gasteiger partial charge is 0.462 e. The summed E-state index contributed by atoms with van der Waals surface area (Å²) < 4.78 is 10.4. The van der Waals surface area contributed by atoms with Crippen LogP contribution in [-0.4, -0.2) is 25.2 Å². The Balaban J connectivity index is 2.34. The van der Waals surface area contributed by atoms with Gasteiger partial charge in [0, 0.05) is 0 Å². The van der Waals surface area contributed by atoms with Gasteiger partial charge in [0.1, 0.15) is 0 Å². The van der Waals surface area contributed by atoms with Crippen molar-refractivity contribution < 1.29 is 19.1 Å². The van der Waals surface area contributed by atoms with Crippen molar-refractivity contribution in [3.8, 4) is 0 Å². The lowest BCUT2D eigenvalue weighted by molar-refractivity contribution is 0.0477. The number of unbranched alkanes of at least 4 members (excludes halogenated alkanes) is 4. The molecule has 0 N–H and O–H groups in total. The van der Waals surface area contributed by atoms with Crippen LogP contribution in [0.5, 0.6) is 0 Å². The van der Waals surface area contributed by atoms with Crippen LogP contribution in [0.25, 0.3) is 0 Å². The first-order valence-electron chi connectivity index (χ1n) is 8.99. The fourth-order valence-electron chi connectivity index (χ4n) is 2.17. The summed E-state index contributed by atoms with van der Waals surface area (Å²) in [6, 6.07) is 6.43. The van der Waals surface area contributed by atoms with Gasteiger partial charge in [0.25, 0.3) is 0 Å². The Labute approximate surface area is 145 Å². The van der Waals surface area contributed by atoms with Crippen LogP contribution >= 0.6 is 0 Å². The lowest BCUT2D eigenvalue weighted by Gasteiger charge is -2.08. The van der Waals surface area contributed by atoms with Crippen molar-refractivity contribution >= 4 is 11.9 Å². The average Bonchev–Trinajstić information content (AvgIpc) is 2.57. The predicted octanol–water partition coefficient (Wildman–Crippen LogP) is 5.02. The molecule has 0 spiro atoms. The number of rotatable bonds is 11. The molecule has 0 saturated carbocycles. The molecular weight excluding hydrogens is 304 g/mol. The van der Waals surface area contributed by atoms with Crippen LogP contribution in [0.15, 0.2) is 24.3 Å². The van der Waals surface area contributed by atoms with Crippen LogP contribution in [0.4, 0.5) is 0 Å². The van der Waals surface area contributed by atoms with E-state index in [1.54, 1.807) is 24.3 Å². The molecule has 1 aromatic rings. The summed E-state index contributed by atoms with van der Waals surface area (Å²) >= 11 is 0. The highest BCUT2D eigenvalue weighted by Crippen LogP contribution is 2.09. The van der Waals surface area contributed by atoms with Crippen LogP contribution < -0.4 is 0 Å². The molecule has 1 rings (SSSR count). The first-order chi connectivity index (χ1) is 11.5. The van der Waals surface area contributed by atoms with Crippen LogP contribution in [0, 0.1) is 5.92 Å². The van der Waals surface area contributed by atoms with Crippen molar-refractivity contribution in [1.82, 2.24) is 0 Å². The van der Waals surface area contributed by atoms with Gasteiger partial charge in [0.05, 0.1) is 24.3 Å². The van der Waals surface area contributed by atoms with Crippen molar-refractivity contribution in [2.75, 3.05) is 13.2 Å².